The lowest BCUT2D eigenvalue weighted by molar-refractivity contribution is 0.0937. The first-order valence-corrected chi connectivity index (χ1v) is 9.33. The van der Waals surface area contributed by atoms with E-state index in [2.05, 4.69) is 11.4 Å². The molecular formula is C22H24N2O3. The van der Waals surface area contributed by atoms with Gasteiger partial charge in [0.25, 0.3) is 5.91 Å². The molecule has 1 saturated carbocycles. The first kappa shape index (κ1) is 18.9. The van der Waals surface area contributed by atoms with Crippen molar-refractivity contribution in [1.29, 1.82) is 5.26 Å². The molecule has 0 aromatic heterocycles. The zero-order chi connectivity index (χ0) is 18.9. The number of nitrogens with one attached hydrogen (secondary N) is 1. The van der Waals surface area contributed by atoms with Gasteiger partial charge < -0.3 is 14.8 Å². The van der Waals surface area contributed by atoms with Gasteiger partial charge in [0.05, 0.1) is 11.6 Å². The minimum Gasteiger partial charge on any atom is -0.489 e. The molecule has 3 rings (SSSR count). The van der Waals surface area contributed by atoms with Gasteiger partial charge in [-0.15, -0.1) is 0 Å². The molecule has 0 heterocycles. The third-order valence-corrected chi connectivity index (χ3v) is 4.43. The number of carbonyl (C=O) groups excluding carboxylic acids is 1. The summed E-state index contributed by atoms with van der Waals surface area (Å²) in [5.74, 6) is 1.24. The van der Waals surface area contributed by atoms with Gasteiger partial charge in [-0.2, -0.15) is 5.26 Å². The topological polar surface area (TPSA) is 71.3 Å². The fraction of sp³-hybridized carbons (Fsp3) is 0.364. The molecule has 0 saturated heterocycles. The lowest BCUT2D eigenvalue weighted by Crippen LogP contribution is -2.25. The van der Waals surface area contributed by atoms with Gasteiger partial charge >= 0.3 is 0 Å². The maximum Gasteiger partial charge on any atom is 0.251 e. The first-order chi connectivity index (χ1) is 13.3. The zero-order valence-electron chi connectivity index (χ0n) is 15.3. The Hall–Kier alpha value is -2.84. The smallest absolute Gasteiger partial charge is 0.251 e. The van der Waals surface area contributed by atoms with Crippen molar-refractivity contribution in [3.63, 3.8) is 0 Å². The van der Waals surface area contributed by atoms with Crippen LogP contribution >= 0.6 is 0 Å². The second-order valence-corrected chi connectivity index (χ2v) is 6.71. The Kier molecular flexibility index (Phi) is 6.84. The predicted molar refractivity (Wildman–Crippen MR) is 102 cm³/mol. The fourth-order valence-electron chi connectivity index (χ4n) is 2.66. The third-order valence-electron chi connectivity index (χ3n) is 4.43. The lowest BCUT2D eigenvalue weighted by Gasteiger charge is -2.10. The van der Waals surface area contributed by atoms with E-state index >= 15 is 0 Å². The van der Waals surface area contributed by atoms with E-state index in [4.69, 9.17) is 14.7 Å². The van der Waals surface area contributed by atoms with Crippen molar-refractivity contribution < 1.29 is 14.3 Å². The summed E-state index contributed by atoms with van der Waals surface area (Å²) in [6, 6.07) is 16.5. The number of hydrogen-bond acceptors (Lipinski definition) is 4. The standard InChI is InChI=1S/C22H24N2O3/c23-14-19-5-1-2-6-20(19)16-27-21-8-3-7-18(13-21)22(25)24-11-4-12-26-15-17-9-10-17/h1-3,5-8,13,17H,4,9-12,15-16H2,(H,24,25). The van der Waals surface area contributed by atoms with Crippen LogP contribution in [0.25, 0.3) is 0 Å². The second kappa shape index (κ2) is 9.75. The summed E-state index contributed by atoms with van der Waals surface area (Å²) < 4.78 is 11.3. The molecule has 1 N–H and O–H groups in total. The molecule has 1 amide bonds. The van der Waals surface area contributed by atoms with Crippen molar-refractivity contribution in [3.8, 4) is 11.8 Å². The van der Waals surface area contributed by atoms with E-state index in [-0.39, 0.29) is 12.5 Å². The molecule has 0 bridgehead atoms. The van der Waals surface area contributed by atoms with E-state index in [1.807, 2.05) is 18.2 Å². The summed E-state index contributed by atoms with van der Waals surface area (Å²) in [5.41, 5.74) is 1.97. The summed E-state index contributed by atoms with van der Waals surface area (Å²) in [4.78, 5) is 12.3. The van der Waals surface area contributed by atoms with E-state index in [9.17, 15) is 4.79 Å². The van der Waals surface area contributed by atoms with Gasteiger partial charge in [-0.25, -0.2) is 0 Å². The van der Waals surface area contributed by atoms with Gasteiger partial charge in [0, 0.05) is 30.9 Å². The quantitative estimate of drug-likeness (QED) is 0.653. The Labute approximate surface area is 159 Å². The van der Waals surface area contributed by atoms with Crippen molar-refractivity contribution in [2.24, 2.45) is 5.92 Å². The molecule has 5 heteroatoms. The number of nitriles is 1. The first-order valence-electron chi connectivity index (χ1n) is 9.33. The molecule has 2 aromatic rings. The third kappa shape index (κ3) is 6.12. The zero-order valence-corrected chi connectivity index (χ0v) is 15.3. The summed E-state index contributed by atoms with van der Waals surface area (Å²) in [6.45, 7) is 2.40. The van der Waals surface area contributed by atoms with Crippen molar-refractivity contribution >= 4 is 5.91 Å². The number of hydrogen-bond donors (Lipinski definition) is 1. The molecule has 1 aliphatic rings. The summed E-state index contributed by atoms with van der Waals surface area (Å²) in [5, 5.41) is 12.0. The Morgan fingerprint density at radius 3 is 2.85 bits per heavy atom. The normalized spacial score (nSPS) is 13.0. The molecule has 0 atom stereocenters. The predicted octanol–water partition coefficient (Wildman–Crippen LogP) is 3.68. The minimum atomic E-state index is -0.125. The maximum absolute atomic E-state index is 12.3. The van der Waals surface area contributed by atoms with Crippen LogP contribution in [-0.2, 0) is 11.3 Å². The van der Waals surface area contributed by atoms with E-state index in [0.29, 0.717) is 30.0 Å². The fourth-order valence-corrected chi connectivity index (χ4v) is 2.66. The van der Waals surface area contributed by atoms with Crippen LogP contribution in [0.2, 0.25) is 0 Å². The van der Waals surface area contributed by atoms with Gasteiger partial charge in [0.1, 0.15) is 12.4 Å². The van der Waals surface area contributed by atoms with Crippen molar-refractivity contribution in [1.82, 2.24) is 5.32 Å². The maximum atomic E-state index is 12.3. The Balaban J connectivity index is 1.44. The molecule has 0 unspecified atom stereocenters. The molecule has 5 nitrogen and oxygen atoms in total. The second-order valence-electron chi connectivity index (χ2n) is 6.71. The Morgan fingerprint density at radius 1 is 1.19 bits per heavy atom. The highest BCUT2D eigenvalue weighted by atomic mass is 16.5. The summed E-state index contributed by atoms with van der Waals surface area (Å²) in [6.07, 6.45) is 3.38. The number of amides is 1. The number of nitrogens with zero attached hydrogens (tertiary/aromatic N) is 1. The van der Waals surface area contributed by atoms with Crippen LogP contribution < -0.4 is 10.1 Å². The molecule has 27 heavy (non-hydrogen) atoms. The van der Waals surface area contributed by atoms with Gasteiger partial charge in [-0.05, 0) is 49.4 Å². The molecular weight excluding hydrogens is 340 g/mol. The molecule has 2 aromatic carbocycles. The van der Waals surface area contributed by atoms with Crippen LogP contribution in [0.15, 0.2) is 48.5 Å². The van der Waals surface area contributed by atoms with Crippen molar-refractivity contribution in [2.75, 3.05) is 19.8 Å². The number of rotatable bonds is 10. The molecule has 140 valence electrons. The van der Waals surface area contributed by atoms with Crippen LogP contribution in [-0.4, -0.2) is 25.7 Å². The summed E-state index contributed by atoms with van der Waals surface area (Å²) in [7, 11) is 0. The van der Waals surface area contributed by atoms with Gasteiger partial charge in [-0.3, -0.25) is 4.79 Å². The van der Waals surface area contributed by atoms with Crippen LogP contribution in [0, 0.1) is 17.2 Å². The molecule has 0 aliphatic heterocycles. The highest BCUT2D eigenvalue weighted by molar-refractivity contribution is 5.94. The summed E-state index contributed by atoms with van der Waals surface area (Å²) >= 11 is 0. The SMILES string of the molecule is N#Cc1ccccc1COc1cccc(C(=O)NCCCOCC2CC2)c1. The van der Waals surface area contributed by atoms with E-state index < -0.39 is 0 Å². The van der Waals surface area contributed by atoms with Crippen molar-refractivity contribution in [3.05, 3.63) is 65.2 Å². The van der Waals surface area contributed by atoms with Gasteiger partial charge in [0.2, 0.25) is 0 Å². The number of ether oxygens (including phenoxy) is 2. The van der Waals surface area contributed by atoms with Crippen LogP contribution in [0.4, 0.5) is 0 Å². The molecule has 0 spiro atoms. The van der Waals surface area contributed by atoms with Crippen LogP contribution in [0.1, 0.15) is 40.7 Å². The van der Waals surface area contributed by atoms with E-state index in [1.165, 1.54) is 12.8 Å². The highest BCUT2D eigenvalue weighted by Crippen LogP contribution is 2.28. The average Bonchev–Trinajstić information content (AvgIpc) is 3.53. The largest absolute Gasteiger partial charge is 0.489 e. The van der Waals surface area contributed by atoms with Gasteiger partial charge in [0.15, 0.2) is 0 Å². The monoisotopic (exact) mass is 364 g/mol. The van der Waals surface area contributed by atoms with Crippen molar-refractivity contribution in [2.45, 2.75) is 25.9 Å². The number of carbonyl (C=O) groups is 1. The molecule has 0 radical (unpaired) electrons. The number of benzene rings is 2. The van der Waals surface area contributed by atoms with E-state index in [0.717, 1.165) is 24.5 Å². The Bertz CT molecular complexity index is 809. The van der Waals surface area contributed by atoms with Crippen LogP contribution in [0.3, 0.4) is 0 Å². The van der Waals surface area contributed by atoms with E-state index in [1.54, 1.807) is 30.3 Å². The Morgan fingerprint density at radius 2 is 2.04 bits per heavy atom. The van der Waals surface area contributed by atoms with Crippen LogP contribution in [0.5, 0.6) is 5.75 Å². The lowest BCUT2D eigenvalue weighted by atomic mass is 10.1. The highest BCUT2D eigenvalue weighted by Gasteiger charge is 2.20. The van der Waals surface area contributed by atoms with Gasteiger partial charge in [-0.1, -0.05) is 24.3 Å². The average molecular weight is 364 g/mol. The molecule has 1 fully saturated rings. The minimum absolute atomic E-state index is 0.125. The molecule has 1 aliphatic carbocycles.